The second-order valence-corrected chi connectivity index (χ2v) is 8.16. The van der Waals surface area contributed by atoms with E-state index >= 15 is 0 Å². The molecule has 0 spiro atoms. The summed E-state index contributed by atoms with van der Waals surface area (Å²) in [6.45, 7) is 6.21. The van der Waals surface area contributed by atoms with E-state index in [1.165, 1.54) is 16.0 Å². The highest BCUT2D eigenvalue weighted by Crippen LogP contribution is 2.22. The Kier molecular flexibility index (Phi) is 9.00. The van der Waals surface area contributed by atoms with Crippen molar-refractivity contribution >= 4 is 29.5 Å². The summed E-state index contributed by atoms with van der Waals surface area (Å²) < 4.78 is 1.99. The molecule has 0 radical (unpaired) electrons. The molecular formula is C19H30N6S2. The van der Waals surface area contributed by atoms with Crippen molar-refractivity contribution in [3.8, 4) is 0 Å². The zero-order valence-corrected chi connectivity index (χ0v) is 18.5. The van der Waals surface area contributed by atoms with E-state index in [2.05, 4.69) is 58.5 Å². The first-order valence-corrected chi connectivity index (χ1v) is 11.7. The number of rotatable bonds is 9. The number of nitrogens with zero attached hydrogens (tertiary/aromatic N) is 4. The monoisotopic (exact) mass is 406 g/mol. The minimum absolute atomic E-state index is 0.592. The molecule has 0 unspecified atom stereocenters. The van der Waals surface area contributed by atoms with Crippen LogP contribution in [0, 0.1) is 13.8 Å². The van der Waals surface area contributed by atoms with Gasteiger partial charge < -0.3 is 15.2 Å². The molecule has 0 aliphatic heterocycles. The Hall–Kier alpha value is -1.67. The number of hydrogen-bond donors (Lipinski definition) is 2. The SMILES string of the molecule is CSCCCNC(=NCc1ccc(C)cc1SC)NCc1nnc(C)n1C. The van der Waals surface area contributed by atoms with Crippen molar-refractivity contribution in [2.24, 2.45) is 12.0 Å². The van der Waals surface area contributed by atoms with Crippen LogP contribution in [0.1, 0.15) is 29.2 Å². The number of thioether (sulfide) groups is 2. The number of nitrogens with one attached hydrogen (secondary N) is 2. The van der Waals surface area contributed by atoms with Gasteiger partial charge in [-0.1, -0.05) is 12.1 Å². The number of hydrogen-bond acceptors (Lipinski definition) is 5. The lowest BCUT2D eigenvalue weighted by Gasteiger charge is -2.13. The maximum Gasteiger partial charge on any atom is 0.191 e. The van der Waals surface area contributed by atoms with Gasteiger partial charge >= 0.3 is 0 Å². The van der Waals surface area contributed by atoms with E-state index in [0.717, 1.165) is 36.3 Å². The number of aryl methyl sites for hydroxylation is 2. The van der Waals surface area contributed by atoms with Gasteiger partial charge in [-0.3, -0.25) is 0 Å². The van der Waals surface area contributed by atoms with Gasteiger partial charge in [0.05, 0.1) is 13.1 Å². The minimum atomic E-state index is 0.592. The molecule has 2 aromatic rings. The maximum absolute atomic E-state index is 4.80. The second kappa shape index (κ2) is 11.2. The van der Waals surface area contributed by atoms with Crippen LogP contribution in [-0.4, -0.2) is 45.5 Å². The van der Waals surface area contributed by atoms with Crippen LogP contribution < -0.4 is 10.6 Å². The molecule has 1 aromatic heterocycles. The minimum Gasteiger partial charge on any atom is -0.356 e. The summed E-state index contributed by atoms with van der Waals surface area (Å²) in [6, 6.07) is 6.53. The van der Waals surface area contributed by atoms with Crippen LogP contribution in [0.2, 0.25) is 0 Å². The Bertz CT molecular complexity index is 757. The molecular weight excluding hydrogens is 376 g/mol. The van der Waals surface area contributed by atoms with Gasteiger partial charge in [0.2, 0.25) is 0 Å². The smallest absolute Gasteiger partial charge is 0.191 e. The third-order valence-electron chi connectivity index (χ3n) is 4.26. The van der Waals surface area contributed by atoms with Gasteiger partial charge in [-0.25, -0.2) is 4.99 Å². The van der Waals surface area contributed by atoms with Gasteiger partial charge in [0.1, 0.15) is 5.82 Å². The second-order valence-electron chi connectivity index (χ2n) is 6.33. The number of guanidine groups is 1. The van der Waals surface area contributed by atoms with Gasteiger partial charge in [-0.05, 0) is 55.7 Å². The number of benzene rings is 1. The molecule has 0 fully saturated rings. The molecule has 148 valence electrons. The Balaban J connectivity index is 2.06. The Labute approximate surface area is 171 Å². The standard InChI is InChI=1S/C19H30N6S2/c1-14-7-8-16(17(11-14)27-5)12-21-19(20-9-6-10-26-4)22-13-18-24-23-15(2)25(18)3/h7-8,11H,6,9-10,12-13H2,1-5H3,(H2,20,21,22). The first kappa shape index (κ1) is 21.6. The zero-order valence-electron chi connectivity index (χ0n) is 16.9. The predicted octanol–water partition coefficient (Wildman–Crippen LogP) is 3.14. The summed E-state index contributed by atoms with van der Waals surface area (Å²) in [5.41, 5.74) is 2.52. The van der Waals surface area contributed by atoms with E-state index in [4.69, 9.17) is 4.99 Å². The Morgan fingerprint density at radius 1 is 1.19 bits per heavy atom. The van der Waals surface area contributed by atoms with Crippen LogP contribution in [0.3, 0.4) is 0 Å². The molecule has 0 aliphatic rings. The third-order valence-corrected chi connectivity index (χ3v) is 5.78. The molecule has 0 aliphatic carbocycles. The van der Waals surface area contributed by atoms with Crippen molar-refractivity contribution in [1.82, 2.24) is 25.4 Å². The fraction of sp³-hybridized carbons (Fsp3) is 0.526. The zero-order chi connectivity index (χ0) is 19.6. The summed E-state index contributed by atoms with van der Waals surface area (Å²) in [7, 11) is 1.98. The highest BCUT2D eigenvalue weighted by molar-refractivity contribution is 7.98. The topological polar surface area (TPSA) is 67.1 Å². The lowest BCUT2D eigenvalue weighted by atomic mass is 10.1. The Morgan fingerprint density at radius 2 is 2.00 bits per heavy atom. The molecule has 0 saturated heterocycles. The van der Waals surface area contributed by atoms with Crippen molar-refractivity contribution in [3.05, 3.63) is 41.0 Å². The van der Waals surface area contributed by atoms with Crippen LogP contribution in [-0.2, 0) is 20.1 Å². The maximum atomic E-state index is 4.80. The molecule has 0 saturated carbocycles. The summed E-state index contributed by atoms with van der Waals surface area (Å²) >= 11 is 3.63. The van der Waals surface area contributed by atoms with E-state index in [1.54, 1.807) is 11.8 Å². The third kappa shape index (κ3) is 6.77. The van der Waals surface area contributed by atoms with Crippen LogP contribution in [0.25, 0.3) is 0 Å². The van der Waals surface area contributed by atoms with Crippen molar-refractivity contribution in [2.75, 3.05) is 24.8 Å². The molecule has 8 heteroatoms. The van der Waals surface area contributed by atoms with Gasteiger partial charge in [-0.15, -0.1) is 22.0 Å². The summed E-state index contributed by atoms with van der Waals surface area (Å²) in [5, 5.41) is 15.1. The van der Waals surface area contributed by atoms with Gasteiger partial charge in [0, 0.05) is 18.5 Å². The highest BCUT2D eigenvalue weighted by Gasteiger charge is 2.07. The molecule has 1 heterocycles. The van der Waals surface area contributed by atoms with Crippen LogP contribution in [0.15, 0.2) is 28.1 Å². The quantitative estimate of drug-likeness (QED) is 0.289. The Morgan fingerprint density at radius 3 is 2.67 bits per heavy atom. The largest absolute Gasteiger partial charge is 0.356 e. The van der Waals surface area contributed by atoms with Crippen molar-refractivity contribution in [3.63, 3.8) is 0 Å². The molecule has 2 rings (SSSR count). The average Bonchev–Trinajstić information content (AvgIpc) is 2.99. The lowest BCUT2D eigenvalue weighted by Crippen LogP contribution is -2.38. The predicted molar refractivity (Wildman–Crippen MR) is 118 cm³/mol. The van der Waals surface area contributed by atoms with E-state index < -0.39 is 0 Å². The fourth-order valence-corrected chi connectivity index (χ4v) is 3.64. The van der Waals surface area contributed by atoms with E-state index in [1.807, 2.05) is 30.3 Å². The first-order chi connectivity index (χ1) is 13.0. The average molecular weight is 407 g/mol. The highest BCUT2D eigenvalue weighted by atomic mass is 32.2. The van der Waals surface area contributed by atoms with Gasteiger partial charge in [-0.2, -0.15) is 11.8 Å². The van der Waals surface area contributed by atoms with E-state index in [0.29, 0.717) is 13.1 Å². The van der Waals surface area contributed by atoms with Crippen LogP contribution >= 0.6 is 23.5 Å². The van der Waals surface area contributed by atoms with E-state index in [-0.39, 0.29) is 0 Å². The molecule has 2 N–H and O–H groups in total. The molecule has 0 amide bonds. The molecule has 0 atom stereocenters. The normalized spacial score (nSPS) is 11.7. The van der Waals surface area contributed by atoms with Gasteiger partial charge in [0.15, 0.2) is 11.8 Å². The molecule has 27 heavy (non-hydrogen) atoms. The van der Waals surface area contributed by atoms with Crippen molar-refractivity contribution < 1.29 is 0 Å². The van der Waals surface area contributed by atoms with Crippen molar-refractivity contribution in [2.45, 2.75) is 38.3 Å². The summed E-state index contributed by atoms with van der Waals surface area (Å²) in [4.78, 5) is 6.08. The summed E-state index contributed by atoms with van der Waals surface area (Å²) in [5.74, 6) is 3.75. The number of aromatic nitrogens is 3. The molecule has 6 nitrogen and oxygen atoms in total. The first-order valence-electron chi connectivity index (χ1n) is 9.04. The molecule has 0 bridgehead atoms. The van der Waals surface area contributed by atoms with Crippen molar-refractivity contribution in [1.29, 1.82) is 0 Å². The summed E-state index contributed by atoms with van der Waals surface area (Å²) in [6.07, 6.45) is 5.34. The molecule has 1 aromatic carbocycles. The van der Waals surface area contributed by atoms with E-state index in [9.17, 15) is 0 Å². The number of aliphatic imine (C=N–C) groups is 1. The van der Waals surface area contributed by atoms with Gasteiger partial charge in [0.25, 0.3) is 0 Å². The fourth-order valence-electron chi connectivity index (χ4n) is 2.51. The van der Waals surface area contributed by atoms with Crippen LogP contribution in [0.4, 0.5) is 0 Å². The lowest BCUT2D eigenvalue weighted by molar-refractivity contribution is 0.710. The van der Waals surface area contributed by atoms with Crippen LogP contribution in [0.5, 0.6) is 0 Å².